The van der Waals surface area contributed by atoms with Crippen molar-refractivity contribution < 1.29 is 9.59 Å². The Morgan fingerprint density at radius 1 is 0.941 bits per heavy atom. The fourth-order valence-corrected chi connectivity index (χ4v) is 4.73. The van der Waals surface area contributed by atoms with Gasteiger partial charge in [0.2, 0.25) is 5.91 Å². The first-order valence-corrected chi connectivity index (χ1v) is 11.8. The van der Waals surface area contributed by atoms with Crippen molar-refractivity contribution in [3.05, 3.63) is 76.8 Å². The second kappa shape index (κ2) is 9.31. The van der Waals surface area contributed by atoms with Crippen LogP contribution in [0, 0.1) is 12.8 Å². The lowest BCUT2D eigenvalue weighted by Crippen LogP contribution is -2.20. The van der Waals surface area contributed by atoms with Crippen LogP contribution in [-0.4, -0.2) is 21.8 Å². The largest absolute Gasteiger partial charge is 0.338 e. The Balaban J connectivity index is 1.29. The minimum Gasteiger partial charge on any atom is -0.338 e. The molecule has 0 saturated heterocycles. The monoisotopic (exact) mass is 472 g/mol. The fourth-order valence-electron chi connectivity index (χ4n) is 4.44. The highest BCUT2D eigenvalue weighted by atomic mass is 35.5. The van der Waals surface area contributed by atoms with E-state index >= 15 is 0 Å². The number of anilines is 2. The number of aryl methyl sites for hydroxylation is 1. The number of carbonyl (C=O) groups excluding carboxylic acids is 2. The molecule has 2 amide bonds. The molecule has 0 aliphatic heterocycles. The summed E-state index contributed by atoms with van der Waals surface area (Å²) in [6.07, 6.45) is 4.20. The number of benzene rings is 3. The van der Waals surface area contributed by atoms with Crippen molar-refractivity contribution in [2.75, 3.05) is 10.6 Å². The van der Waals surface area contributed by atoms with Crippen LogP contribution in [0.4, 0.5) is 11.4 Å². The number of amides is 2. The number of nitrogens with one attached hydrogen (secondary N) is 3. The fraction of sp³-hybridized carbons (Fsp3) is 0.222. The summed E-state index contributed by atoms with van der Waals surface area (Å²) in [6, 6.07) is 18.4. The smallest absolute Gasteiger partial charge is 0.255 e. The predicted molar refractivity (Wildman–Crippen MR) is 136 cm³/mol. The summed E-state index contributed by atoms with van der Waals surface area (Å²) >= 11 is 6.07. The van der Waals surface area contributed by atoms with Crippen LogP contribution < -0.4 is 10.6 Å². The number of fused-ring (bicyclic) bond motifs is 1. The molecule has 7 heteroatoms. The zero-order valence-electron chi connectivity index (χ0n) is 18.8. The van der Waals surface area contributed by atoms with Crippen LogP contribution in [-0.2, 0) is 4.79 Å². The number of aromatic amines is 1. The van der Waals surface area contributed by atoms with Gasteiger partial charge in [-0.2, -0.15) is 0 Å². The van der Waals surface area contributed by atoms with E-state index in [9.17, 15) is 9.59 Å². The molecule has 4 aromatic rings. The maximum absolute atomic E-state index is 12.6. The van der Waals surface area contributed by atoms with Crippen molar-refractivity contribution in [1.82, 2.24) is 9.97 Å². The normalized spacial score (nSPS) is 13.8. The number of rotatable bonds is 5. The number of carbonyl (C=O) groups is 2. The second-order valence-electron chi connectivity index (χ2n) is 8.84. The Labute approximate surface area is 202 Å². The van der Waals surface area contributed by atoms with Gasteiger partial charge in [-0.25, -0.2) is 4.98 Å². The van der Waals surface area contributed by atoms with E-state index in [1.54, 1.807) is 12.1 Å². The van der Waals surface area contributed by atoms with E-state index in [4.69, 9.17) is 11.6 Å². The number of imidazole rings is 1. The van der Waals surface area contributed by atoms with Crippen LogP contribution in [0.1, 0.15) is 41.6 Å². The summed E-state index contributed by atoms with van der Waals surface area (Å²) in [7, 11) is 0. The number of hydrogen-bond donors (Lipinski definition) is 3. The van der Waals surface area contributed by atoms with Gasteiger partial charge in [0, 0.05) is 33.4 Å². The zero-order valence-corrected chi connectivity index (χ0v) is 19.6. The molecule has 172 valence electrons. The third-order valence-corrected chi connectivity index (χ3v) is 6.41. The van der Waals surface area contributed by atoms with Gasteiger partial charge in [-0.15, -0.1) is 0 Å². The molecule has 3 aromatic carbocycles. The Kier molecular flexibility index (Phi) is 6.07. The molecule has 1 aromatic heterocycles. The topological polar surface area (TPSA) is 86.9 Å². The molecular weight excluding hydrogens is 448 g/mol. The molecule has 1 aliphatic carbocycles. The lowest BCUT2D eigenvalue weighted by Gasteiger charge is -2.10. The summed E-state index contributed by atoms with van der Waals surface area (Å²) in [5.41, 5.74) is 5.47. The molecule has 1 saturated carbocycles. The van der Waals surface area contributed by atoms with Gasteiger partial charge in [0.25, 0.3) is 5.91 Å². The molecule has 0 radical (unpaired) electrons. The third kappa shape index (κ3) is 4.82. The summed E-state index contributed by atoms with van der Waals surface area (Å²) in [6.45, 7) is 1.90. The van der Waals surface area contributed by atoms with Crippen molar-refractivity contribution in [3.63, 3.8) is 0 Å². The van der Waals surface area contributed by atoms with Crippen molar-refractivity contribution in [2.45, 2.75) is 32.6 Å². The van der Waals surface area contributed by atoms with Crippen LogP contribution >= 0.6 is 11.6 Å². The standard InChI is InChI=1S/C27H25ClN4O2/c1-16-12-19(14-20(28)13-16)27(34)29-21-8-6-17(7-9-21)25-31-23-11-10-22(15-24(23)32-25)30-26(33)18-4-2-3-5-18/h6-15,18H,2-5H2,1H3,(H,29,34)(H,30,33)(H,31,32). The van der Waals surface area contributed by atoms with Gasteiger partial charge >= 0.3 is 0 Å². The van der Waals surface area contributed by atoms with Crippen molar-refractivity contribution >= 4 is 45.8 Å². The Morgan fingerprint density at radius 3 is 2.41 bits per heavy atom. The van der Waals surface area contributed by atoms with Gasteiger partial charge in [0.15, 0.2) is 0 Å². The van der Waals surface area contributed by atoms with Crippen LogP contribution in [0.25, 0.3) is 22.4 Å². The van der Waals surface area contributed by atoms with E-state index in [2.05, 4.69) is 20.6 Å². The molecule has 0 unspecified atom stereocenters. The van der Waals surface area contributed by atoms with Gasteiger partial charge in [-0.1, -0.05) is 24.4 Å². The molecule has 6 nitrogen and oxygen atoms in total. The van der Waals surface area contributed by atoms with Gasteiger partial charge < -0.3 is 15.6 Å². The summed E-state index contributed by atoms with van der Waals surface area (Å²) in [4.78, 5) is 33.0. The highest BCUT2D eigenvalue weighted by molar-refractivity contribution is 6.31. The quantitative estimate of drug-likeness (QED) is 0.307. The molecule has 0 spiro atoms. The molecule has 5 rings (SSSR count). The first-order valence-electron chi connectivity index (χ1n) is 11.4. The summed E-state index contributed by atoms with van der Waals surface area (Å²) < 4.78 is 0. The van der Waals surface area contributed by atoms with Gasteiger partial charge in [0.05, 0.1) is 11.0 Å². The minimum absolute atomic E-state index is 0.0992. The van der Waals surface area contributed by atoms with Crippen LogP contribution in [0.5, 0.6) is 0 Å². The van der Waals surface area contributed by atoms with Crippen molar-refractivity contribution in [2.24, 2.45) is 5.92 Å². The van der Waals surface area contributed by atoms with Crippen LogP contribution in [0.2, 0.25) is 5.02 Å². The van der Waals surface area contributed by atoms with Gasteiger partial charge in [-0.05, 0) is 86.0 Å². The van der Waals surface area contributed by atoms with E-state index in [1.807, 2.05) is 55.5 Å². The van der Waals surface area contributed by atoms with Gasteiger partial charge in [-0.3, -0.25) is 9.59 Å². The maximum atomic E-state index is 12.6. The molecule has 1 aliphatic rings. The number of H-pyrrole nitrogens is 1. The lowest BCUT2D eigenvalue weighted by atomic mass is 10.1. The molecule has 0 bridgehead atoms. The van der Waals surface area contributed by atoms with E-state index in [-0.39, 0.29) is 17.7 Å². The second-order valence-corrected chi connectivity index (χ2v) is 9.27. The SMILES string of the molecule is Cc1cc(Cl)cc(C(=O)Nc2ccc(-c3nc4ccc(NC(=O)C5CCCC5)cc4[nH]3)cc2)c1. The summed E-state index contributed by atoms with van der Waals surface area (Å²) in [5.74, 6) is 0.726. The average Bonchev–Trinajstić information content (AvgIpc) is 3.49. The highest BCUT2D eigenvalue weighted by Gasteiger charge is 2.22. The molecular formula is C27H25ClN4O2. The minimum atomic E-state index is -0.214. The van der Waals surface area contributed by atoms with E-state index in [0.717, 1.165) is 59.4 Å². The number of halogens is 1. The Morgan fingerprint density at radius 2 is 1.68 bits per heavy atom. The molecule has 0 atom stereocenters. The molecule has 1 fully saturated rings. The molecule has 3 N–H and O–H groups in total. The third-order valence-electron chi connectivity index (χ3n) is 6.20. The van der Waals surface area contributed by atoms with E-state index in [0.29, 0.717) is 16.3 Å². The number of aromatic nitrogens is 2. The number of hydrogen-bond acceptors (Lipinski definition) is 3. The highest BCUT2D eigenvalue weighted by Crippen LogP contribution is 2.28. The van der Waals surface area contributed by atoms with Crippen LogP contribution in [0.15, 0.2) is 60.7 Å². The maximum Gasteiger partial charge on any atom is 0.255 e. The van der Waals surface area contributed by atoms with Crippen molar-refractivity contribution in [3.8, 4) is 11.4 Å². The summed E-state index contributed by atoms with van der Waals surface area (Å²) in [5, 5.41) is 6.47. The van der Waals surface area contributed by atoms with Crippen LogP contribution in [0.3, 0.4) is 0 Å². The Bertz CT molecular complexity index is 1350. The average molecular weight is 473 g/mol. The predicted octanol–water partition coefficient (Wildman–Crippen LogP) is 6.57. The number of nitrogens with zero attached hydrogens (tertiary/aromatic N) is 1. The zero-order chi connectivity index (χ0) is 23.7. The van der Waals surface area contributed by atoms with Gasteiger partial charge in [0.1, 0.15) is 5.82 Å². The first kappa shape index (κ1) is 22.2. The molecule has 1 heterocycles. The van der Waals surface area contributed by atoms with Crippen molar-refractivity contribution in [1.29, 1.82) is 0 Å². The van der Waals surface area contributed by atoms with E-state index < -0.39 is 0 Å². The lowest BCUT2D eigenvalue weighted by molar-refractivity contribution is -0.119. The first-order chi connectivity index (χ1) is 16.4. The van der Waals surface area contributed by atoms with E-state index in [1.165, 1.54) is 0 Å². The Hall–Kier alpha value is -3.64. The molecule has 34 heavy (non-hydrogen) atoms.